The molecule has 0 aromatic carbocycles. The van der Waals surface area contributed by atoms with Gasteiger partial charge in [0.1, 0.15) is 0 Å². The molecule has 1 aliphatic heterocycles. The van der Waals surface area contributed by atoms with Crippen molar-refractivity contribution < 1.29 is 0 Å². The van der Waals surface area contributed by atoms with E-state index in [9.17, 15) is 0 Å². The Bertz CT molecular complexity index is 45.5. The van der Waals surface area contributed by atoms with Gasteiger partial charge in [0.2, 0.25) is 0 Å². The maximum atomic E-state index is 3.04. The number of nitrogens with one attached hydrogen (secondary N) is 1. The van der Waals surface area contributed by atoms with Crippen molar-refractivity contribution in [1.29, 1.82) is 0 Å². The molecule has 1 heterocycles. The fourth-order valence-corrected chi connectivity index (χ4v) is 0.417. The molecule has 0 aromatic rings. The van der Waals surface area contributed by atoms with Gasteiger partial charge in [0, 0.05) is 15.0 Å². The van der Waals surface area contributed by atoms with E-state index < -0.39 is 0 Å². The Morgan fingerprint density at radius 1 is 1.50 bits per heavy atom. The van der Waals surface area contributed by atoms with Gasteiger partial charge in [-0.3, -0.25) is 0 Å². The van der Waals surface area contributed by atoms with Crippen LogP contribution in [0.3, 0.4) is 0 Å². The fraction of sp³-hybridized carbons (Fsp3) is 0.500. The van der Waals surface area contributed by atoms with Gasteiger partial charge in [-0.2, -0.15) is 0 Å². The molecule has 0 spiro atoms. The van der Waals surface area contributed by atoms with Gasteiger partial charge < -0.3 is 5.32 Å². The average molecular weight is 79.9 g/mol. The summed E-state index contributed by atoms with van der Waals surface area (Å²) in [6, 6.07) is 0. The second-order valence-corrected chi connectivity index (χ2v) is 1.15. The second kappa shape index (κ2) is 2.82. The minimum absolute atomic E-state index is 0. The Balaban J connectivity index is 0.000000250. The highest BCUT2D eigenvalue weighted by Gasteiger charge is 1.81. The van der Waals surface area contributed by atoms with Crippen LogP contribution in [-0.2, 0) is 0 Å². The quantitative estimate of drug-likeness (QED) is 0.407. The molecular weight excluding hydrogens is 72.9 g/mol. The summed E-state index contributed by atoms with van der Waals surface area (Å²) < 4.78 is 0. The van der Waals surface area contributed by atoms with E-state index >= 15 is 0 Å². The van der Waals surface area contributed by atoms with Crippen LogP contribution in [0, 0.1) is 0 Å². The van der Waals surface area contributed by atoms with Crippen LogP contribution in [0.15, 0.2) is 12.3 Å². The molecular formula is C4H7BN. The Labute approximate surface area is 40.0 Å². The van der Waals surface area contributed by atoms with Crippen molar-refractivity contribution in [3.05, 3.63) is 12.3 Å². The Morgan fingerprint density at radius 2 is 2.33 bits per heavy atom. The van der Waals surface area contributed by atoms with Crippen LogP contribution in [0.25, 0.3) is 0 Å². The van der Waals surface area contributed by atoms with Crippen molar-refractivity contribution in [2.75, 3.05) is 6.54 Å². The summed E-state index contributed by atoms with van der Waals surface area (Å²) in [6.07, 6.45) is 5.32. The molecule has 0 aromatic heterocycles. The van der Waals surface area contributed by atoms with Crippen molar-refractivity contribution in [1.82, 2.24) is 5.32 Å². The molecule has 31 valence electrons. The van der Waals surface area contributed by atoms with Gasteiger partial charge in [-0.05, 0) is 12.6 Å². The fourth-order valence-electron chi connectivity index (χ4n) is 0.417. The second-order valence-electron chi connectivity index (χ2n) is 1.15. The summed E-state index contributed by atoms with van der Waals surface area (Å²) in [6.45, 7) is 1.14. The first-order valence-corrected chi connectivity index (χ1v) is 1.88. The van der Waals surface area contributed by atoms with Crippen LogP contribution in [0.2, 0.25) is 0 Å². The van der Waals surface area contributed by atoms with Gasteiger partial charge >= 0.3 is 0 Å². The minimum atomic E-state index is 0. The molecule has 0 saturated carbocycles. The lowest BCUT2D eigenvalue weighted by Gasteiger charge is -1.78. The largest absolute Gasteiger partial charge is 0.391 e. The molecule has 1 nitrogen and oxygen atoms in total. The molecule has 1 rings (SSSR count). The SMILES string of the molecule is C1=CNCC1.[B]. The van der Waals surface area contributed by atoms with Gasteiger partial charge in [0.25, 0.3) is 0 Å². The minimum Gasteiger partial charge on any atom is -0.391 e. The molecule has 0 unspecified atom stereocenters. The van der Waals surface area contributed by atoms with Crippen LogP contribution < -0.4 is 5.32 Å². The zero-order chi connectivity index (χ0) is 3.54. The zero-order valence-corrected chi connectivity index (χ0v) is 3.65. The summed E-state index contributed by atoms with van der Waals surface area (Å²) in [4.78, 5) is 0. The van der Waals surface area contributed by atoms with E-state index in [1.54, 1.807) is 0 Å². The lowest BCUT2D eigenvalue weighted by atomic mass is 10.5. The highest BCUT2D eigenvalue weighted by molar-refractivity contribution is 5.75. The zero-order valence-electron chi connectivity index (χ0n) is 3.65. The van der Waals surface area contributed by atoms with Crippen molar-refractivity contribution in [2.45, 2.75) is 6.42 Å². The van der Waals surface area contributed by atoms with Crippen LogP contribution >= 0.6 is 0 Å². The van der Waals surface area contributed by atoms with Gasteiger partial charge in [0.15, 0.2) is 0 Å². The summed E-state index contributed by atoms with van der Waals surface area (Å²) in [7, 11) is 0. The van der Waals surface area contributed by atoms with Gasteiger partial charge in [-0.15, -0.1) is 0 Å². The monoisotopic (exact) mass is 80.1 g/mol. The molecule has 3 radical (unpaired) electrons. The Kier molecular flexibility index (Phi) is 2.64. The van der Waals surface area contributed by atoms with Crippen molar-refractivity contribution in [3.63, 3.8) is 0 Å². The maximum Gasteiger partial charge on any atom is 0.0176 e. The normalized spacial score (nSPS) is 16.0. The molecule has 0 saturated heterocycles. The Hall–Kier alpha value is -0.395. The van der Waals surface area contributed by atoms with Crippen molar-refractivity contribution >= 4 is 8.41 Å². The first-order chi connectivity index (χ1) is 2.50. The van der Waals surface area contributed by atoms with E-state index in [1.807, 2.05) is 6.20 Å². The summed E-state index contributed by atoms with van der Waals surface area (Å²) in [5.74, 6) is 0. The summed E-state index contributed by atoms with van der Waals surface area (Å²) in [5, 5.41) is 3.04. The van der Waals surface area contributed by atoms with E-state index in [-0.39, 0.29) is 8.41 Å². The third-order valence-corrected chi connectivity index (χ3v) is 0.691. The molecule has 2 heteroatoms. The Morgan fingerprint density at radius 3 is 2.50 bits per heavy atom. The van der Waals surface area contributed by atoms with Crippen LogP contribution in [0.1, 0.15) is 6.42 Å². The molecule has 0 fully saturated rings. The highest BCUT2D eigenvalue weighted by atomic mass is 14.8. The predicted molar refractivity (Wildman–Crippen MR) is 27.5 cm³/mol. The van der Waals surface area contributed by atoms with E-state index in [2.05, 4.69) is 11.4 Å². The first kappa shape index (κ1) is 5.60. The first-order valence-electron chi connectivity index (χ1n) is 1.88. The van der Waals surface area contributed by atoms with Crippen LogP contribution in [0.5, 0.6) is 0 Å². The number of rotatable bonds is 0. The van der Waals surface area contributed by atoms with E-state index in [1.165, 1.54) is 6.42 Å². The van der Waals surface area contributed by atoms with Crippen molar-refractivity contribution in [2.24, 2.45) is 0 Å². The molecule has 0 aliphatic carbocycles. The molecule has 0 bridgehead atoms. The van der Waals surface area contributed by atoms with E-state index in [4.69, 9.17) is 0 Å². The smallest absolute Gasteiger partial charge is 0.0176 e. The summed E-state index contributed by atoms with van der Waals surface area (Å²) >= 11 is 0. The lowest BCUT2D eigenvalue weighted by molar-refractivity contribution is 0.917. The number of hydrogen-bond donors (Lipinski definition) is 1. The van der Waals surface area contributed by atoms with Crippen LogP contribution in [0.4, 0.5) is 0 Å². The van der Waals surface area contributed by atoms with Gasteiger partial charge in [-0.1, -0.05) is 6.08 Å². The van der Waals surface area contributed by atoms with Crippen molar-refractivity contribution in [3.8, 4) is 0 Å². The third-order valence-electron chi connectivity index (χ3n) is 0.691. The molecule has 0 amide bonds. The molecule has 1 N–H and O–H groups in total. The lowest BCUT2D eigenvalue weighted by Crippen LogP contribution is -1.96. The third kappa shape index (κ3) is 1.15. The number of hydrogen-bond acceptors (Lipinski definition) is 1. The molecule has 0 atom stereocenters. The molecule has 6 heavy (non-hydrogen) atoms. The van der Waals surface area contributed by atoms with Gasteiger partial charge in [-0.25, -0.2) is 0 Å². The average Bonchev–Trinajstić information content (AvgIpc) is 1.76. The maximum absolute atomic E-state index is 3.04. The summed E-state index contributed by atoms with van der Waals surface area (Å²) in [5.41, 5.74) is 0. The predicted octanol–water partition coefficient (Wildman–Crippen LogP) is 0.113. The topological polar surface area (TPSA) is 12.0 Å². The van der Waals surface area contributed by atoms with E-state index in [0.29, 0.717) is 0 Å². The van der Waals surface area contributed by atoms with Crippen LogP contribution in [-0.4, -0.2) is 15.0 Å². The standard InChI is InChI=1S/C4H7N.B/c1-2-4-5-3-1;/h1,3,5H,2,4H2;. The van der Waals surface area contributed by atoms with E-state index in [0.717, 1.165) is 6.54 Å². The van der Waals surface area contributed by atoms with Gasteiger partial charge in [0.05, 0.1) is 0 Å². The highest BCUT2D eigenvalue weighted by Crippen LogP contribution is 1.84. The molecule has 1 aliphatic rings.